The molecule has 72 valence electrons. The van der Waals surface area contributed by atoms with Gasteiger partial charge in [0, 0.05) is 0 Å². The van der Waals surface area contributed by atoms with Crippen LogP contribution in [0.4, 0.5) is 0 Å². The molecule has 1 heteroatoms. The summed E-state index contributed by atoms with van der Waals surface area (Å²) in [5.41, 5.74) is 2.53. The Morgan fingerprint density at radius 3 is 2.08 bits per heavy atom. The highest BCUT2D eigenvalue weighted by Gasteiger charge is 1.98. The molecule has 0 fully saturated rings. The first-order valence-electron chi connectivity index (χ1n) is 4.79. The standard InChI is InChI=1S/C12H18O/c1-9(2)8-13-12-6-10(3)5-11(4)7-12/h5-7,9H,8H2,1-4H3. The monoisotopic (exact) mass is 178 g/mol. The van der Waals surface area contributed by atoms with E-state index in [1.165, 1.54) is 11.1 Å². The largest absolute Gasteiger partial charge is 0.493 e. The number of hydrogen-bond donors (Lipinski definition) is 0. The highest BCUT2D eigenvalue weighted by atomic mass is 16.5. The van der Waals surface area contributed by atoms with Gasteiger partial charge in [0.1, 0.15) is 5.75 Å². The molecule has 0 saturated carbocycles. The average Bonchev–Trinajstić information content (AvgIpc) is 1.99. The van der Waals surface area contributed by atoms with E-state index in [0.717, 1.165) is 12.4 Å². The molecule has 0 bridgehead atoms. The minimum absolute atomic E-state index is 0.584. The maximum absolute atomic E-state index is 5.63. The van der Waals surface area contributed by atoms with Crippen molar-refractivity contribution in [1.29, 1.82) is 0 Å². The molecule has 0 heterocycles. The van der Waals surface area contributed by atoms with E-state index in [1.807, 2.05) is 0 Å². The zero-order chi connectivity index (χ0) is 9.84. The van der Waals surface area contributed by atoms with Crippen molar-refractivity contribution in [3.8, 4) is 5.75 Å². The summed E-state index contributed by atoms with van der Waals surface area (Å²) in [7, 11) is 0. The third kappa shape index (κ3) is 3.49. The van der Waals surface area contributed by atoms with Crippen molar-refractivity contribution >= 4 is 0 Å². The molecule has 0 aliphatic rings. The number of hydrogen-bond acceptors (Lipinski definition) is 1. The third-order valence-corrected chi connectivity index (χ3v) is 1.78. The van der Waals surface area contributed by atoms with Crippen LogP contribution in [-0.4, -0.2) is 6.61 Å². The molecule has 0 spiro atoms. The van der Waals surface area contributed by atoms with E-state index in [4.69, 9.17) is 4.74 Å². The van der Waals surface area contributed by atoms with Crippen LogP contribution in [0.15, 0.2) is 18.2 Å². The van der Waals surface area contributed by atoms with Crippen molar-refractivity contribution in [2.24, 2.45) is 5.92 Å². The van der Waals surface area contributed by atoms with Crippen LogP contribution < -0.4 is 4.74 Å². The highest BCUT2D eigenvalue weighted by Crippen LogP contribution is 2.16. The van der Waals surface area contributed by atoms with Crippen molar-refractivity contribution < 1.29 is 4.74 Å². The number of benzene rings is 1. The van der Waals surface area contributed by atoms with Crippen LogP contribution in [0.5, 0.6) is 5.75 Å². The lowest BCUT2D eigenvalue weighted by atomic mass is 10.1. The smallest absolute Gasteiger partial charge is 0.119 e. The summed E-state index contributed by atoms with van der Waals surface area (Å²) in [6.45, 7) is 9.29. The summed E-state index contributed by atoms with van der Waals surface area (Å²) >= 11 is 0. The van der Waals surface area contributed by atoms with Gasteiger partial charge in [0.25, 0.3) is 0 Å². The van der Waals surface area contributed by atoms with Crippen LogP contribution in [0.25, 0.3) is 0 Å². The van der Waals surface area contributed by atoms with Gasteiger partial charge in [-0.2, -0.15) is 0 Å². The summed E-state index contributed by atoms with van der Waals surface area (Å²) in [6.07, 6.45) is 0. The maximum atomic E-state index is 5.63. The molecule has 0 aliphatic carbocycles. The lowest BCUT2D eigenvalue weighted by Gasteiger charge is -2.09. The number of ether oxygens (including phenoxy) is 1. The molecule has 0 N–H and O–H groups in total. The average molecular weight is 178 g/mol. The molecule has 1 aromatic rings. The molecule has 1 nitrogen and oxygen atoms in total. The van der Waals surface area contributed by atoms with Gasteiger partial charge in [-0.05, 0) is 43.0 Å². The van der Waals surface area contributed by atoms with Gasteiger partial charge < -0.3 is 4.74 Å². The first-order chi connectivity index (χ1) is 6.08. The Kier molecular flexibility index (Phi) is 3.35. The Hall–Kier alpha value is -0.980. The van der Waals surface area contributed by atoms with E-state index in [9.17, 15) is 0 Å². The van der Waals surface area contributed by atoms with Crippen LogP contribution in [-0.2, 0) is 0 Å². The van der Waals surface area contributed by atoms with E-state index in [1.54, 1.807) is 0 Å². The Morgan fingerprint density at radius 2 is 1.62 bits per heavy atom. The van der Waals surface area contributed by atoms with Crippen molar-refractivity contribution in [2.45, 2.75) is 27.7 Å². The third-order valence-electron chi connectivity index (χ3n) is 1.78. The predicted octanol–water partition coefficient (Wildman–Crippen LogP) is 3.34. The molecule has 0 amide bonds. The first kappa shape index (κ1) is 10.1. The van der Waals surface area contributed by atoms with Crippen LogP contribution in [0.2, 0.25) is 0 Å². The van der Waals surface area contributed by atoms with Gasteiger partial charge in [-0.25, -0.2) is 0 Å². The van der Waals surface area contributed by atoms with Crippen LogP contribution >= 0.6 is 0 Å². The summed E-state index contributed by atoms with van der Waals surface area (Å²) in [5.74, 6) is 1.58. The quantitative estimate of drug-likeness (QED) is 0.689. The second-order valence-electron chi connectivity index (χ2n) is 4.03. The fraction of sp³-hybridized carbons (Fsp3) is 0.500. The highest BCUT2D eigenvalue weighted by molar-refractivity contribution is 5.32. The SMILES string of the molecule is Cc1cc(C)cc(OCC(C)C)c1. The van der Waals surface area contributed by atoms with Crippen LogP contribution in [0, 0.1) is 19.8 Å². The molecule has 0 unspecified atom stereocenters. The molecule has 13 heavy (non-hydrogen) atoms. The molecule has 0 aromatic heterocycles. The Balaban J connectivity index is 2.66. The molecule has 1 rings (SSSR count). The normalized spacial score (nSPS) is 10.5. The fourth-order valence-electron chi connectivity index (χ4n) is 1.28. The first-order valence-corrected chi connectivity index (χ1v) is 4.79. The number of rotatable bonds is 3. The molecule has 0 saturated heterocycles. The summed E-state index contributed by atoms with van der Waals surface area (Å²) in [6, 6.07) is 6.31. The second-order valence-corrected chi connectivity index (χ2v) is 4.03. The lowest BCUT2D eigenvalue weighted by Crippen LogP contribution is -2.04. The van der Waals surface area contributed by atoms with Gasteiger partial charge in [0.2, 0.25) is 0 Å². The Labute approximate surface area is 80.7 Å². The number of aryl methyl sites for hydroxylation is 2. The zero-order valence-electron chi connectivity index (χ0n) is 8.92. The van der Waals surface area contributed by atoms with E-state index in [0.29, 0.717) is 5.92 Å². The van der Waals surface area contributed by atoms with Gasteiger partial charge in [-0.1, -0.05) is 19.9 Å². The van der Waals surface area contributed by atoms with Crippen molar-refractivity contribution in [1.82, 2.24) is 0 Å². The maximum Gasteiger partial charge on any atom is 0.119 e. The van der Waals surface area contributed by atoms with E-state index in [-0.39, 0.29) is 0 Å². The molecule has 0 aliphatic heterocycles. The summed E-state index contributed by atoms with van der Waals surface area (Å²) in [4.78, 5) is 0. The van der Waals surface area contributed by atoms with E-state index in [2.05, 4.69) is 45.9 Å². The minimum Gasteiger partial charge on any atom is -0.493 e. The summed E-state index contributed by atoms with van der Waals surface area (Å²) < 4.78 is 5.63. The fourth-order valence-corrected chi connectivity index (χ4v) is 1.28. The molecule has 1 aromatic carbocycles. The molecule has 0 atom stereocenters. The Morgan fingerprint density at radius 1 is 1.08 bits per heavy atom. The van der Waals surface area contributed by atoms with Crippen molar-refractivity contribution in [3.05, 3.63) is 29.3 Å². The zero-order valence-corrected chi connectivity index (χ0v) is 8.92. The van der Waals surface area contributed by atoms with Crippen LogP contribution in [0.3, 0.4) is 0 Å². The minimum atomic E-state index is 0.584. The molecule has 0 radical (unpaired) electrons. The molecular formula is C12H18O. The van der Waals surface area contributed by atoms with Crippen molar-refractivity contribution in [2.75, 3.05) is 6.61 Å². The van der Waals surface area contributed by atoms with Crippen LogP contribution in [0.1, 0.15) is 25.0 Å². The van der Waals surface area contributed by atoms with E-state index < -0.39 is 0 Å². The predicted molar refractivity (Wildman–Crippen MR) is 56.2 cm³/mol. The lowest BCUT2D eigenvalue weighted by molar-refractivity contribution is 0.271. The van der Waals surface area contributed by atoms with Gasteiger partial charge in [-0.3, -0.25) is 0 Å². The second kappa shape index (κ2) is 4.31. The van der Waals surface area contributed by atoms with Gasteiger partial charge in [0.15, 0.2) is 0 Å². The Bertz CT molecular complexity index is 256. The molecular weight excluding hydrogens is 160 g/mol. The van der Waals surface area contributed by atoms with Crippen molar-refractivity contribution in [3.63, 3.8) is 0 Å². The van der Waals surface area contributed by atoms with E-state index >= 15 is 0 Å². The van der Waals surface area contributed by atoms with Gasteiger partial charge >= 0.3 is 0 Å². The topological polar surface area (TPSA) is 9.23 Å². The summed E-state index contributed by atoms with van der Waals surface area (Å²) in [5, 5.41) is 0. The van der Waals surface area contributed by atoms with Gasteiger partial charge in [-0.15, -0.1) is 0 Å². The van der Waals surface area contributed by atoms with Gasteiger partial charge in [0.05, 0.1) is 6.61 Å².